The van der Waals surface area contributed by atoms with Crippen LogP contribution in [0.1, 0.15) is 60.8 Å². The van der Waals surface area contributed by atoms with Gasteiger partial charge in [0.2, 0.25) is 5.84 Å². The molecule has 0 aromatic heterocycles. The maximum Gasteiger partial charge on any atom is 0.410 e. The predicted octanol–water partition coefficient (Wildman–Crippen LogP) is 5.45. The first-order chi connectivity index (χ1) is 16.4. The quantitative estimate of drug-likeness (QED) is 0.228. The molecule has 0 bridgehead atoms. The van der Waals surface area contributed by atoms with Crippen molar-refractivity contribution in [1.82, 2.24) is 10.2 Å². The highest BCUT2D eigenvalue weighted by atomic mass is 19.1. The molecule has 1 aliphatic rings. The number of halogens is 1. The lowest BCUT2D eigenvalue weighted by atomic mass is 10.1. The number of benzene rings is 1. The van der Waals surface area contributed by atoms with Crippen molar-refractivity contribution in [3.05, 3.63) is 63.4 Å². The molecule has 192 valence electrons. The maximum absolute atomic E-state index is 13.3. The number of amidine groups is 1. The highest BCUT2D eigenvalue weighted by Crippen LogP contribution is 2.19. The first kappa shape index (κ1) is 27.8. The fourth-order valence-electron chi connectivity index (χ4n) is 3.40. The molecule has 1 aromatic rings. The minimum absolute atomic E-state index is 0.130. The zero-order valence-corrected chi connectivity index (χ0v) is 21.4. The summed E-state index contributed by atoms with van der Waals surface area (Å²) in [7, 11) is 0. The predicted molar refractivity (Wildman–Crippen MR) is 135 cm³/mol. The Morgan fingerprint density at radius 1 is 1.29 bits per heavy atom. The van der Waals surface area contributed by atoms with E-state index in [-0.39, 0.29) is 29.5 Å². The number of rotatable bonds is 7. The Morgan fingerprint density at radius 3 is 2.37 bits per heavy atom. The van der Waals surface area contributed by atoms with Gasteiger partial charge in [-0.2, -0.15) is 0 Å². The number of anilines is 1. The van der Waals surface area contributed by atoms with Crippen molar-refractivity contribution in [3.63, 3.8) is 0 Å². The van der Waals surface area contributed by atoms with Gasteiger partial charge in [-0.1, -0.05) is 6.92 Å². The van der Waals surface area contributed by atoms with Crippen molar-refractivity contribution in [2.45, 2.75) is 72.4 Å². The summed E-state index contributed by atoms with van der Waals surface area (Å²) in [5.41, 5.74) is 0.824. The number of hydrogen-bond acceptors (Lipinski definition) is 6. The SMILES string of the molecule is C/C=C(\C(=NC1CCN(C(=O)OC(C)(C)C)CC1)N/C(Nc1ccc(F)cc1)=C(\C)CC)[N+](=O)[O-]. The van der Waals surface area contributed by atoms with Gasteiger partial charge in [0.15, 0.2) is 0 Å². The molecular weight excluding hydrogens is 453 g/mol. The van der Waals surface area contributed by atoms with E-state index in [4.69, 9.17) is 9.73 Å². The van der Waals surface area contributed by atoms with Gasteiger partial charge in [0.05, 0.1) is 11.0 Å². The first-order valence-electron chi connectivity index (χ1n) is 11.8. The highest BCUT2D eigenvalue weighted by molar-refractivity contribution is 5.97. The normalized spacial score (nSPS) is 16.5. The molecule has 0 radical (unpaired) electrons. The lowest BCUT2D eigenvalue weighted by molar-refractivity contribution is -0.415. The summed E-state index contributed by atoms with van der Waals surface area (Å²) in [5, 5.41) is 18.1. The van der Waals surface area contributed by atoms with E-state index in [1.54, 1.807) is 24.0 Å². The third-order valence-corrected chi connectivity index (χ3v) is 5.45. The van der Waals surface area contributed by atoms with Crippen molar-refractivity contribution >= 4 is 17.6 Å². The van der Waals surface area contributed by atoms with Crippen LogP contribution >= 0.6 is 0 Å². The van der Waals surface area contributed by atoms with E-state index in [1.165, 1.54) is 18.2 Å². The van der Waals surface area contributed by atoms with Crippen LogP contribution in [0.5, 0.6) is 0 Å². The lowest BCUT2D eigenvalue weighted by Crippen LogP contribution is -2.43. The number of likely N-dealkylation sites (tertiary alicyclic amines) is 1. The average molecular weight is 490 g/mol. The number of piperidine rings is 1. The van der Waals surface area contributed by atoms with Crippen molar-refractivity contribution < 1.29 is 18.8 Å². The molecule has 1 aliphatic heterocycles. The Balaban J connectivity index is 2.25. The van der Waals surface area contributed by atoms with Crippen molar-refractivity contribution in [2.75, 3.05) is 18.4 Å². The van der Waals surface area contributed by atoms with Gasteiger partial charge in [0, 0.05) is 18.8 Å². The molecule has 10 heteroatoms. The number of carbonyl (C=O) groups is 1. The van der Waals surface area contributed by atoms with Gasteiger partial charge in [-0.15, -0.1) is 0 Å². The second-order valence-electron chi connectivity index (χ2n) is 9.37. The number of aliphatic imine (C=N–C) groups is 1. The maximum atomic E-state index is 13.3. The van der Waals surface area contributed by atoms with Gasteiger partial charge >= 0.3 is 11.8 Å². The molecule has 35 heavy (non-hydrogen) atoms. The third kappa shape index (κ3) is 8.70. The first-order valence-corrected chi connectivity index (χ1v) is 11.8. The van der Waals surface area contributed by atoms with Crippen LogP contribution in [0, 0.1) is 15.9 Å². The number of allylic oxidation sites excluding steroid dienone is 2. The number of nitrogens with one attached hydrogen (secondary N) is 2. The molecule has 0 spiro atoms. The summed E-state index contributed by atoms with van der Waals surface area (Å²) in [4.78, 5) is 30.0. The molecule has 0 saturated carbocycles. The molecule has 1 aromatic carbocycles. The standard InChI is InChI=1S/C25H36FN5O4/c1-7-17(3)22(27-19-11-9-18(26)10-12-19)29-23(21(8-2)31(33)34)28-20-13-15-30(16-14-20)24(32)35-25(4,5)6/h8-12,20,27H,7,13-16H2,1-6H3,(H,28,29)/b21-8+,22-17+. The summed E-state index contributed by atoms with van der Waals surface area (Å²) in [5.74, 6) is 0.321. The van der Waals surface area contributed by atoms with E-state index in [9.17, 15) is 19.3 Å². The third-order valence-electron chi connectivity index (χ3n) is 5.45. The Kier molecular flexibility index (Phi) is 9.79. The molecule has 1 fully saturated rings. The fourth-order valence-corrected chi connectivity index (χ4v) is 3.40. The van der Waals surface area contributed by atoms with Crippen LogP contribution in [0.15, 0.2) is 52.4 Å². The second-order valence-corrected chi connectivity index (χ2v) is 9.37. The minimum atomic E-state index is -0.576. The molecule has 0 atom stereocenters. The minimum Gasteiger partial charge on any atom is -0.444 e. The van der Waals surface area contributed by atoms with Gasteiger partial charge in [0.1, 0.15) is 17.2 Å². The van der Waals surface area contributed by atoms with E-state index < -0.39 is 10.5 Å². The fraction of sp³-hybridized carbons (Fsp3) is 0.520. The summed E-state index contributed by atoms with van der Waals surface area (Å²) >= 11 is 0. The molecular formula is C25H36FN5O4. The van der Waals surface area contributed by atoms with Crippen molar-refractivity contribution in [3.8, 4) is 0 Å². The van der Waals surface area contributed by atoms with Gasteiger partial charge in [0.25, 0.3) is 0 Å². The van der Waals surface area contributed by atoms with Crippen LogP contribution in [-0.2, 0) is 4.74 Å². The summed E-state index contributed by atoms with van der Waals surface area (Å²) in [6.07, 6.45) is 2.82. The molecule has 0 aliphatic carbocycles. The number of hydrogen-bond donors (Lipinski definition) is 2. The number of nitro groups is 1. The highest BCUT2D eigenvalue weighted by Gasteiger charge is 2.28. The average Bonchev–Trinajstić information content (AvgIpc) is 2.79. The number of amides is 1. The van der Waals surface area contributed by atoms with Crippen LogP contribution < -0.4 is 10.6 Å². The monoisotopic (exact) mass is 489 g/mol. The van der Waals surface area contributed by atoms with Crippen LogP contribution in [0.3, 0.4) is 0 Å². The second kappa shape index (κ2) is 12.3. The summed E-state index contributed by atoms with van der Waals surface area (Å²) in [6.45, 7) is 11.8. The van der Waals surface area contributed by atoms with Crippen molar-refractivity contribution in [2.24, 2.45) is 4.99 Å². The Bertz CT molecular complexity index is 988. The van der Waals surface area contributed by atoms with Crippen LogP contribution in [0.25, 0.3) is 0 Å². The molecule has 9 nitrogen and oxygen atoms in total. The smallest absolute Gasteiger partial charge is 0.410 e. The summed E-state index contributed by atoms with van der Waals surface area (Å²) < 4.78 is 18.8. The molecule has 0 unspecified atom stereocenters. The van der Waals surface area contributed by atoms with Crippen LogP contribution in [-0.4, -0.2) is 46.5 Å². The number of carbonyl (C=O) groups excluding carboxylic acids is 1. The Morgan fingerprint density at radius 2 is 1.89 bits per heavy atom. The van der Waals surface area contributed by atoms with E-state index >= 15 is 0 Å². The van der Waals surface area contributed by atoms with E-state index in [0.29, 0.717) is 43.9 Å². The van der Waals surface area contributed by atoms with Gasteiger partial charge in [-0.25, -0.2) is 9.18 Å². The van der Waals surface area contributed by atoms with Crippen LogP contribution in [0.2, 0.25) is 0 Å². The Hall–Kier alpha value is -3.43. The zero-order valence-electron chi connectivity index (χ0n) is 21.4. The number of ether oxygens (including phenoxy) is 1. The lowest BCUT2D eigenvalue weighted by Gasteiger charge is -2.32. The van der Waals surface area contributed by atoms with Gasteiger partial charge in [-0.3, -0.25) is 15.1 Å². The van der Waals surface area contributed by atoms with Gasteiger partial charge in [-0.05, 0) is 89.8 Å². The zero-order chi connectivity index (χ0) is 26.2. The van der Waals surface area contributed by atoms with E-state index in [2.05, 4.69) is 10.6 Å². The van der Waals surface area contributed by atoms with E-state index in [1.807, 2.05) is 34.6 Å². The van der Waals surface area contributed by atoms with Crippen LogP contribution in [0.4, 0.5) is 14.9 Å². The number of nitrogens with zero attached hydrogens (tertiary/aromatic N) is 3. The largest absolute Gasteiger partial charge is 0.444 e. The van der Waals surface area contributed by atoms with Gasteiger partial charge < -0.3 is 20.3 Å². The van der Waals surface area contributed by atoms with E-state index in [0.717, 1.165) is 5.57 Å². The molecule has 2 N–H and O–H groups in total. The molecule has 1 saturated heterocycles. The molecule has 1 heterocycles. The molecule has 1 amide bonds. The topological polar surface area (TPSA) is 109 Å². The Labute approximate surface area is 206 Å². The summed E-state index contributed by atoms with van der Waals surface area (Å²) in [6, 6.07) is 5.65. The molecule has 2 rings (SSSR count). The van der Waals surface area contributed by atoms with Crippen molar-refractivity contribution in [1.29, 1.82) is 0 Å².